The lowest BCUT2D eigenvalue weighted by atomic mass is 10.0. The van der Waals surface area contributed by atoms with Crippen LogP contribution in [0.4, 0.5) is 5.69 Å². The molecule has 0 saturated carbocycles. The minimum Gasteiger partial charge on any atom is -0.383 e. The van der Waals surface area contributed by atoms with Gasteiger partial charge in [0.25, 0.3) is 0 Å². The molecule has 5 heteroatoms. The predicted molar refractivity (Wildman–Crippen MR) is 70.5 cm³/mol. The van der Waals surface area contributed by atoms with Crippen LogP contribution in [0.1, 0.15) is 22.3 Å². The van der Waals surface area contributed by atoms with Crippen LogP contribution in [0.15, 0.2) is 30.0 Å². The average molecular weight is 255 g/mol. The van der Waals surface area contributed by atoms with Gasteiger partial charge in [-0.2, -0.15) is 5.26 Å². The molecule has 2 rings (SSSR count). The second-order valence-electron chi connectivity index (χ2n) is 4.54. The van der Waals surface area contributed by atoms with E-state index in [2.05, 4.69) is 5.32 Å². The number of Topliss-reactive ketones (excluding diaryl/α,β-unsaturated/α-hetero) is 1. The number of rotatable bonds is 1. The van der Waals surface area contributed by atoms with E-state index in [1.54, 1.807) is 37.3 Å². The van der Waals surface area contributed by atoms with Crippen LogP contribution in [-0.4, -0.2) is 30.7 Å². The van der Waals surface area contributed by atoms with E-state index in [9.17, 15) is 9.59 Å². The maximum absolute atomic E-state index is 12.3. The SMILES string of the molecule is CN(C)C=C1CC(=O)Nc2cc(C#N)ccc2C1=O. The second-order valence-corrected chi connectivity index (χ2v) is 4.54. The molecule has 0 atom stereocenters. The highest BCUT2D eigenvalue weighted by atomic mass is 16.2. The Hall–Kier alpha value is -2.61. The Morgan fingerprint density at radius 2 is 2.11 bits per heavy atom. The van der Waals surface area contributed by atoms with Crippen LogP contribution in [-0.2, 0) is 4.79 Å². The van der Waals surface area contributed by atoms with Gasteiger partial charge < -0.3 is 10.2 Å². The first-order valence-electron chi connectivity index (χ1n) is 5.77. The Kier molecular flexibility index (Phi) is 3.34. The van der Waals surface area contributed by atoms with Crippen LogP contribution < -0.4 is 5.32 Å². The number of nitrogens with one attached hydrogen (secondary N) is 1. The van der Waals surface area contributed by atoms with Crippen molar-refractivity contribution >= 4 is 17.4 Å². The second kappa shape index (κ2) is 4.94. The third-order valence-electron chi connectivity index (χ3n) is 2.72. The van der Waals surface area contributed by atoms with E-state index in [0.717, 1.165) is 0 Å². The monoisotopic (exact) mass is 255 g/mol. The number of anilines is 1. The molecular formula is C14H13N3O2. The molecule has 0 bridgehead atoms. The predicted octanol–water partition coefficient (Wildman–Crippen LogP) is 1.53. The highest BCUT2D eigenvalue weighted by Gasteiger charge is 2.24. The zero-order chi connectivity index (χ0) is 14.0. The van der Waals surface area contributed by atoms with E-state index in [4.69, 9.17) is 5.26 Å². The van der Waals surface area contributed by atoms with Gasteiger partial charge in [0.05, 0.1) is 23.7 Å². The normalized spacial score (nSPS) is 16.4. The molecule has 19 heavy (non-hydrogen) atoms. The minimum atomic E-state index is -0.254. The molecule has 0 fully saturated rings. The molecule has 96 valence electrons. The lowest BCUT2D eigenvalue weighted by Crippen LogP contribution is -2.12. The van der Waals surface area contributed by atoms with E-state index in [1.165, 1.54) is 6.07 Å². The zero-order valence-electron chi connectivity index (χ0n) is 10.7. The van der Waals surface area contributed by atoms with Gasteiger partial charge in [0.2, 0.25) is 5.91 Å². The molecule has 1 amide bonds. The number of hydrogen-bond acceptors (Lipinski definition) is 4. The summed E-state index contributed by atoms with van der Waals surface area (Å²) in [6.07, 6.45) is 1.68. The number of ketones is 1. The van der Waals surface area contributed by atoms with Crippen LogP contribution in [0.2, 0.25) is 0 Å². The topological polar surface area (TPSA) is 73.2 Å². The first-order chi connectivity index (χ1) is 9.01. The molecule has 5 nitrogen and oxygen atoms in total. The number of fused-ring (bicyclic) bond motifs is 1. The Bertz CT molecular complexity index is 624. The maximum atomic E-state index is 12.3. The molecule has 1 N–H and O–H groups in total. The van der Waals surface area contributed by atoms with Gasteiger partial charge in [0, 0.05) is 31.4 Å². The van der Waals surface area contributed by atoms with Crippen LogP contribution >= 0.6 is 0 Å². The van der Waals surface area contributed by atoms with Crippen LogP contribution in [0, 0.1) is 11.3 Å². The van der Waals surface area contributed by atoms with Gasteiger partial charge in [0.15, 0.2) is 5.78 Å². The van der Waals surface area contributed by atoms with Crippen molar-refractivity contribution < 1.29 is 9.59 Å². The molecular weight excluding hydrogens is 242 g/mol. The van der Waals surface area contributed by atoms with Crippen molar-refractivity contribution in [2.24, 2.45) is 0 Å². The molecule has 0 aromatic heterocycles. The highest BCUT2D eigenvalue weighted by Crippen LogP contribution is 2.26. The third-order valence-corrected chi connectivity index (χ3v) is 2.72. The Morgan fingerprint density at radius 3 is 2.74 bits per heavy atom. The molecule has 1 aliphatic heterocycles. The number of nitrogens with zero attached hydrogens (tertiary/aromatic N) is 2. The maximum Gasteiger partial charge on any atom is 0.229 e. The van der Waals surface area contributed by atoms with Crippen LogP contribution in [0.5, 0.6) is 0 Å². The van der Waals surface area contributed by atoms with Crippen molar-refractivity contribution in [3.05, 3.63) is 41.1 Å². The fourth-order valence-electron chi connectivity index (χ4n) is 1.95. The lowest BCUT2D eigenvalue weighted by molar-refractivity contribution is -0.115. The summed E-state index contributed by atoms with van der Waals surface area (Å²) in [5.41, 5.74) is 1.66. The van der Waals surface area contributed by atoms with Gasteiger partial charge in [-0.3, -0.25) is 9.59 Å². The number of amides is 1. The summed E-state index contributed by atoms with van der Waals surface area (Å²) in [5.74, 6) is -0.443. The number of hydrogen-bond donors (Lipinski definition) is 1. The largest absolute Gasteiger partial charge is 0.383 e. The number of carbonyl (C=O) groups is 2. The summed E-state index contributed by atoms with van der Waals surface area (Å²) in [6, 6.07) is 6.65. The summed E-state index contributed by atoms with van der Waals surface area (Å²) < 4.78 is 0. The van der Waals surface area contributed by atoms with Gasteiger partial charge in [-0.1, -0.05) is 0 Å². The summed E-state index contributed by atoms with van der Waals surface area (Å²) in [6.45, 7) is 0. The molecule has 0 aliphatic carbocycles. The smallest absolute Gasteiger partial charge is 0.229 e. The van der Waals surface area contributed by atoms with Crippen molar-refractivity contribution in [2.75, 3.05) is 19.4 Å². The Morgan fingerprint density at radius 1 is 1.37 bits per heavy atom. The quantitative estimate of drug-likeness (QED) is 0.772. The van der Waals surface area contributed by atoms with Gasteiger partial charge in [-0.15, -0.1) is 0 Å². The van der Waals surface area contributed by atoms with Gasteiger partial charge >= 0.3 is 0 Å². The van der Waals surface area contributed by atoms with Crippen molar-refractivity contribution in [2.45, 2.75) is 6.42 Å². The molecule has 1 aliphatic rings. The highest BCUT2D eigenvalue weighted by molar-refractivity contribution is 6.18. The van der Waals surface area contributed by atoms with Crippen LogP contribution in [0.3, 0.4) is 0 Å². The summed E-state index contributed by atoms with van der Waals surface area (Å²) >= 11 is 0. The van der Waals surface area contributed by atoms with Crippen molar-refractivity contribution in [1.82, 2.24) is 4.90 Å². The summed E-state index contributed by atoms with van der Waals surface area (Å²) in [5, 5.41) is 11.5. The lowest BCUT2D eigenvalue weighted by Gasteiger charge is -2.08. The van der Waals surface area contributed by atoms with E-state index >= 15 is 0 Å². The van der Waals surface area contributed by atoms with Crippen molar-refractivity contribution in [3.8, 4) is 6.07 Å². The molecule has 1 aromatic carbocycles. The van der Waals surface area contributed by atoms with Gasteiger partial charge in [-0.25, -0.2) is 0 Å². The van der Waals surface area contributed by atoms with E-state index in [1.807, 2.05) is 6.07 Å². The zero-order valence-corrected chi connectivity index (χ0v) is 10.7. The fraction of sp³-hybridized carbons (Fsp3) is 0.214. The van der Waals surface area contributed by atoms with E-state index in [-0.39, 0.29) is 18.1 Å². The Balaban J connectivity index is 2.54. The number of benzene rings is 1. The van der Waals surface area contributed by atoms with Crippen molar-refractivity contribution in [1.29, 1.82) is 5.26 Å². The molecule has 1 heterocycles. The molecule has 0 unspecified atom stereocenters. The first-order valence-corrected chi connectivity index (χ1v) is 5.77. The minimum absolute atomic E-state index is 0.0353. The molecule has 0 spiro atoms. The number of nitriles is 1. The van der Waals surface area contributed by atoms with Gasteiger partial charge in [-0.05, 0) is 18.2 Å². The first kappa shape index (κ1) is 12.8. The van der Waals surface area contributed by atoms with E-state index in [0.29, 0.717) is 22.4 Å². The molecule has 0 radical (unpaired) electrons. The van der Waals surface area contributed by atoms with Gasteiger partial charge in [0.1, 0.15) is 0 Å². The average Bonchev–Trinajstić information content (AvgIpc) is 2.46. The third kappa shape index (κ3) is 2.63. The number of carbonyl (C=O) groups excluding carboxylic acids is 2. The van der Waals surface area contributed by atoms with Crippen LogP contribution in [0.25, 0.3) is 0 Å². The molecule has 0 saturated heterocycles. The van der Waals surface area contributed by atoms with E-state index < -0.39 is 0 Å². The summed E-state index contributed by atoms with van der Waals surface area (Å²) in [7, 11) is 3.59. The van der Waals surface area contributed by atoms with Crippen molar-refractivity contribution in [3.63, 3.8) is 0 Å². The standard InChI is InChI=1S/C14H13N3O2/c1-17(2)8-10-6-13(18)16-12-5-9(7-15)3-4-11(12)14(10)19/h3-5,8H,6H2,1-2H3,(H,16,18). The Labute approximate surface area is 111 Å². The molecule has 1 aromatic rings. The fourth-order valence-corrected chi connectivity index (χ4v) is 1.95. The summed E-state index contributed by atoms with van der Waals surface area (Å²) in [4.78, 5) is 25.9.